The molecule has 0 spiro atoms. The Morgan fingerprint density at radius 1 is 1.29 bits per heavy atom. The Morgan fingerprint density at radius 3 is 2.96 bits per heavy atom. The molecule has 3 aromatic rings. The van der Waals surface area contributed by atoms with Crippen molar-refractivity contribution in [2.45, 2.75) is 20.3 Å². The molecule has 0 fully saturated rings. The van der Waals surface area contributed by atoms with Crippen molar-refractivity contribution in [3.63, 3.8) is 0 Å². The Balaban J connectivity index is 1.47. The lowest BCUT2D eigenvalue weighted by Gasteiger charge is -2.07. The lowest BCUT2D eigenvalue weighted by molar-refractivity contribution is 0.0941. The van der Waals surface area contributed by atoms with E-state index in [9.17, 15) is 4.79 Å². The standard InChI is InChI=1S/C17H19N5O2/c1-12-5-3-6-14(11-12)24-10-4-8-18-16(23)15-20-17-19-9-7-13(2)22(17)21-15/h3,5-7,9,11H,4,8,10H2,1-2H3,(H,18,23). The van der Waals surface area contributed by atoms with E-state index >= 15 is 0 Å². The van der Waals surface area contributed by atoms with E-state index in [2.05, 4.69) is 20.4 Å². The van der Waals surface area contributed by atoms with E-state index in [0.29, 0.717) is 25.4 Å². The molecule has 1 aromatic carbocycles. The average Bonchev–Trinajstić information content (AvgIpc) is 3.00. The highest BCUT2D eigenvalue weighted by Gasteiger charge is 2.13. The van der Waals surface area contributed by atoms with E-state index in [1.54, 1.807) is 10.7 Å². The van der Waals surface area contributed by atoms with Crippen LogP contribution in [0.2, 0.25) is 0 Å². The maximum atomic E-state index is 12.1. The van der Waals surface area contributed by atoms with Crippen LogP contribution in [0, 0.1) is 13.8 Å². The molecule has 0 radical (unpaired) electrons. The van der Waals surface area contributed by atoms with Crippen molar-refractivity contribution in [2.75, 3.05) is 13.2 Å². The van der Waals surface area contributed by atoms with Gasteiger partial charge in [-0.05, 0) is 44.0 Å². The fraction of sp³-hybridized carbons (Fsp3) is 0.294. The van der Waals surface area contributed by atoms with Crippen molar-refractivity contribution in [1.82, 2.24) is 24.9 Å². The number of rotatable bonds is 6. The number of ether oxygens (including phenoxy) is 1. The quantitative estimate of drug-likeness (QED) is 0.701. The molecule has 0 unspecified atom stereocenters. The van der Waals surface area contributed by atoms with Crippen LogP contribution in [0.15, 0.2) is 36.5 Å². The van der Waals surface area contributed by atoms with Crippen molar-refractivity contribution < 1.29 is 9.53 Å². The number of aryl methyl sites for hydroxylation is 2. The van der Waals surface area contributed by atoms with Gasteiger partial charge in [-0.1, -0.05) is 12.1 Å². The molecule has 2 aromatic heterocycles. The topological polar surface area (TPSA) is 81.4 Å². The fourth-order valence-electron chi connectivity index (χ4n) is 2.25. The Kier molecular flexibility index (Phi) is 4.69. The second-order valence-corrected chi connectivity index (χ2v) is 5.51. The van der Waals surface area contributed by atoms with Crippen LogP contribution in [0.5, 0.6) is 5.75 Å². The monoisotopic (exact) mass is 325 g/mol. The SMILES string of the molecule is Cc1cccc(OCCCNC(=O)c2nc3nccc(C)n3n2)c1. The van der Waals surface area contributed by atoms with Crippen molar-refractivity contribution in [1.29, 1.82) is 0 Å². The second-order valence-electron chi connectivity index (χ2n) is 5.51. The van der Waals surface area contributed by atoms with Gasteiger partial charge in [-0.2, -0.15) is 4.98 Å². The van der Waals surface area contributed by atoms with Crippen molar-refractivity contribution >= 4 is 11.7 Å². The largest absolute Gasteiger partial charge is 0.494 e. The van der Waals surface area contributed by atoms with Gasteiger partial charge in [0.05, 0.1) is 6.61 Å². The summed E-state index contributed by atoms with van der Waals surface area (Å²) >= 11 is 0. The molecule has 0 saturated carbocycles. The van der Waals surface area contributed by atoms with Crippen LogP contribution in [-0.2, 0) is 0 Å². The third-order valence-electron chi connectivity index (χ3n) is 3.50. The Morgan fingerprint density at radius 2 is 2.17 bits per heavy atom. The van der Waals surface area contributed by atoms with E-state index in [1.165, 1.54) is 0 Å². The number of nitrogens with zero attached hydrogens (tertiary/aromatic N) is 4. The second kappa shape index (κ2) is 7.08. The van der Waals surface area contributed by atoms with Gasteiger partial charge in [0, 0.05) is 18.4 Å². The summed E-state index contributed by atoms with van der Waals surface area (Å²) in [5.41, 5.74) is 2.03. The van der Waals surface area contributed by atoms with Gasteiger partial charge in [-0.15, -0.1) is 5.10 Å². The van der Waals surface area contributed by atoms with Gasteiger partial charge in [-0.25, -0.2) is 9.50 Å². The first-order chi connectivity index (χ1) is 11.6. The highest BCUT2D eigenvalue weighted by atomic mass is 16.5. The summed E-state index contributed by atoms with van der Waals surface area (Å²) in [6, 6.07) is 9.69. The van der Waals surface area contributed by atoms with Crippen LogP contribution >= 0.6 is 0 Å². The highest BCUT2D eigenvalue weighted by molar-refractivity contribution is 5.90. The molecule has 0 saturated heterocycles. The molecule has 0 aliphatic heterocycles. The molecule has 2 heterocycles. The van der Waals surface area contributed by atoms with E-state index in [1.807, 2.05) is 44.2 Å². The molecule has 7 heteroatoms. The molecule has 0 aliphatic rings. The fourth-order valence-corrected chi connectivity index (χ4v) is 2.25. The first kappa shape index (κ1) is 15.9. The minimum Gasteiger partial charge on any atom is -0.494 e. The zero-order chi connectivity index (χ0) is 16.9. The molecule has 124 valence electrons. The molecule has 0 aliphatic carbocycles. The van der Waals surface area contributed by atoms with Crippen LogP contribution < -0.4 is 10.1 Å². The van der Waals surface area contributed by atoms with Crippen LogP contribution in [0.1, 0.15) is 28.3 Å². The van der Waals surface area contributed by atoms with Crippen LogP contribution in [0.25, 0.3) is 5.78 Å². The molecular weight excluding hydrogens is 306 g/mol. The number of amides is 1. The number of benzene rings is 1. The number of carbonyl (C=O) groups excluding carboxylic acids is 1. The maximum Gasteiger partial charge on any atom is 0.291 e. The first-order valence-corrected chi connectivity index (χ1v) is 7.79. The summed E-state index contributed by atoms with van der Waals surface area (Å²) in [6.45, 7) is 4.93. The van der Waals surface area contributed by atoms with Crippen LogP contribution in [0.3, 0.4) is 0 Å². The van der Waals surface area contributed by atoms with Gasteiger partial charge in [0.15, 0.2) is 0 Å². The molecule has 1 N–H and O–H groups in total. The summed E-state index contributed by atoms with van der Waals surface area (Å²) < 4.78 is 7.19. The van der Waals surface area contributed by atoms with Gasteiger partial charge < -0.3 is 10.1 Å². The molecule has 0 atom stereocenters. The molecule has 0 bridgehead atoms. The summed E-state index contributed by atoms with van der Waals surface area (Å²) in [7, 11) is 0. The molecule has 1 amide bonds. The van der Waals surface area contributed by atoms with Gasteiger partial charge in [0.2, 0.25) is 5.82 Å². The van der Waals surface area contributed by atoms with Gasteiger partial charge in [0.1, 0.15) is 5.75 Å². The van der Waals surface area contributed by atoms with Gasteiger partial charge in [-0.3, -0.25) is 4.79 Å². The summed E-state index contributed by atoms with van der Waals surface area (Å²) in [6.07, 6.45) is 2.34. The Hall–Kier alpha value is -2.96. The average molecular weight is 325 g/mol. The molecular formula is C17H19N5O2. The minimum atomic E-state index is -0.310. The maximum absolute atomic E-state index is 12.1. The van der Waals surface area contributed by atoms with E-state index in [0.717, 1.165) is 17.0 Å². The number of fused-ring (bicyclic) bond motifs is 1. The smallest absolute Gasteiger partial charge is 0.291 e. The number of aromatic nitrogens is 4. The Bertz CT molecular complexity index is 859. The summed E-state index contributed by atoms with van der Waals surface area (Å²) in [4.78, 5) is 20.3. The van der Waals surface area contributed by atoms with Crippen molar-refractivity contribution in [2.24, 2.45) is 0 Å². The van der Waals surface area contributed by atoms with E-state index in [4.69, 9.17) is 4.74 Å². The zero-order valence-corrected chi connectivity index (χ0v) is 13.7. The van der Waals surface area contributed by atoms with Gasteiger partial charge in [0.25, 0.3) is 11.7 Å². The van der Waals surface area contributed by atoms with Crippen LogP contribution in [0.4, 0.5) is 0 Å². The highest BCUT2D eigenvalue weighted by Crippen LogP contribution is 2.12. The zero-order valence-electron chi connectivity index (χ0n) is 13.7. The van der Waals surface area contributed by atoms with Crippen molar-refractivity contribution in [3.05, 3.63) is 53.6 Å². The predicted octanol–water partition coefficient (Wildman–Crippen LogP) is 1.94. The summed E-state index contributed by atoms with van der Waals surface area (Å²) in [5.74, 6) is 1.07. The first-order valence-electron chi connectivity index (χ1n) is 7.79. The third kappa shape index (κ3) is 3.68. The Labute approximate surface area is 139 Å². The molecule has 7 nitrogen and oxygen atoms in total. The number of carbonyl (C=O) groups is 1. The van der Waals surface area contributed by atoms with Crippen molar-refractivity contribution in [3.8, 4) is 5.75 Å². The van der Waals surface area contributed by atoms with Crippen LogP contribution in [-0.4, -0.2) is 38.6 Å². The molecule has 3 rings (SSSR count). The predicted molar refractivity (Wildman–Crippen MR) is 89.1 cm³/mol. The molecule has 24 heavy (non-hydrogen) atoms. The van der Waals surface area contributed by atoms with E-state index < -0.39 is 0 Å². The summed E-state index contributed by atoms with van der Waals surface area (Å²) in [5, 5.41) is 6.96. The minimum absolute atomic E-state index is 0.122. The number of hydrogen-bond acceptors (Lipinski definition) is 5. The lowest BCUT2D eigenvalue weighted by atomic mass is 10.2. The number of nitrogens with one attached hydrogen (secondary N) is 1. The normalized spacial score (nSPS) is 10.8. The number of hydrogen-bond donors (Lipinski definition) is 1. The third-order valence-corrected chi connectivity index (χ3v) is 3.50. The van der Waals surface area contributed by atoms with E-state index in [-0.39, 0.29) is 11.7 Å². The lowest BCUT2D eigenvalue weighted by Crippen LogP contribution is -2.26. The van der Waals surface area contributed by atoms with Gasteiger partial charge >= 0.3 is 0 Å².